The lowest BCUT2D eigenvalue weighted by Crippen LogP contribution is -2.14. The number of anilines is 1. The molecule has 6 nitrogen and oxygen atoms in total. The predicted molar refractivity (Wildman–Crippen MR) is 118 cm³/mol. The molecular formula is C22H16ClN3O3S. The van der Waals surface area contributed by atoms with Gasteiger partial charge in [0, 0.05) is 28.4 Å². The number of hydrogen-bond acceptors (Lipinski definition) is 4. The zero-order chi connectivity index (χ0) is 21.3. The van der Waals surface area contributed by atoms with Crippen molar-refractivity contribution in [3.63, 3.8) is 0 Å². The van der Waals surface area contributed by atoms with Gasteiger partial charge in [0.25, 0.3) is 10.0 Å². The summed E-state index contributed by atoms with van der Waals surface area (Å²) in [4.78, 5) is 15.7. The summed E-state index contributed by atoms with van der Waals surface area (Å²) in [6, 6.07) is 19.9. The number of aromatic nitrogens is 1. The SMILES string of the molecule is NC(=O)c1ccc(S(=O)(=O)Nc2ccc(Cl)c(-c3nccc4ccccc34)c2)cc1. The van der Waals surface area contributed by atoms with E-state index in [1.807, 2.05) is 30.3 Å². The van der Waals surface area contributed by atoms with Gasteiger partial charge in [-0.1, -0.05) is 35.9 Å². The van der Waals surface area contributed by atoms with Crippen molar-refractivity contribution in [1.29, 1.82) is 0 Å². The molecule has 8 heteroatoms. The van der Waals surface area contributed by atoms with Crippen molar-refractivity contribution in [2.75, 3.05) is 4.72 Å². The number of pyridine rings is 1. The maximum atomic E-state index is 12.8. The van der Waals surface area contributed by atoms with Crippen molar-refractivity contribution < 1.29 is 13.2 Å². The summed E-state index contributed by atoms with van der Waals surface area (Å²) in [5, 5.41) is 2.36. The first kappa shape index (κ1) is 19.9. The van der Waals surface area contributed by atoms with Crippen LogP contribution in [-0.2, 0) is 10.0 Å². The Hall–Kier alpha value is -3.42. The number of benzene rings is 3. The highest BCUT2D eigenvalue weighted by Gasteiger charge is 2.17. The quantitative estimate of drug-likeness (QED) is 0.481. The van der Waals surface area contributed by atoms with E-state index in [9.17, 15) is 13.2 Å². The van der Waals surface area contributed by atoms with Gasteiger partial charge in [-0.15, -0.1) is 0 Å². The third-order valence-electron chi connectivity index (χ3n) is 4.60. The van der Waals surface area contributed by atoms with Crippen LogP contribution in [0.5, 0.6) is 0 Å². The molecule has 0 aliphatic rings. The van der Waals surface area contributed by atoms with Gasteiger partial charge in [-0.2, -0.15) is 0 Å². The maximum absolute atomic E-state index is 12.8. The normalized spacial score (nSPS) is 11.4. The first-order valence-electron chi connectivity index (χ1n) is 8.91. The average molecular weight is 438 g/mol. The fourth-order valence-corrected chi connectivity index (χ4v) is 4.37. The third kappa shape index (κ3) is 3.85. The molecule has 0 fully saturated rings. The number of carbonyl (C=O) groups excluding carboxylic acids is 1. The number of nitrogens with zero attached hydrogens (tertiary/aromatic N) is 1. The predicted octanol–water partition coefficient (Wildman–Crippen LogP) is 4.45. The Labute approximate surface area is 178 Å². The fraction of sp³-hybridized carbons (Fsp3) is 0. The van der Waals surface area contributed by atoms with E-state index < -0.39 is 15.9 Å². The number of nitrogens with two attached hydrogens (primary N) is 1. The topological polar surface area (TPSA) is 102 Å². The van der Waals surface area contributed by atoms with Crippen LogP contribution in [0.4, 0.5) is 5.69 Å². The lowest BCUT2D eigenvalue weighted by atomic mass is 10.0. The summed E-state index contributed by atoms with van der Waals surface area (Å²) in [5.74, 6) is -0.628. The smallest absolute Gasteiger partial charge is 0.261 e. The van der Waals surface area contributed by atoms with Gasteiger partial charge in [-0.25, -0.2) is 8.42 Å². The molecule has 30 heavy (non-hydrogen) atoms. The molecule has 1 heterocycles. The summed E-state index contributed by atoms with van der Waals surface area (Å²) in [7, 11) is -3.88. The lowest BCUT2D eigenvalue weighted by molar-refractivity contribution is 0.1000. The highest BCUT2D eigenvalue weighted by atomic mass is 35.5. The summed E-state index contributed by atoms with van der Waals surface area (Å²) >= 11 is 6.41. The number of carbonyl (C=O) groups is 1. The number of amides is 1. The van der Waals surface area contributed by atoms with Gasteiger partial charge in [-0.05, 0) is 53.9 Å². The molecule has 4 aromatic rings. The molecule has 0 spiro atoms. The molecule has 150 valence electrons. The van der Waals surface area contributed by atoms with Crippen molar-refractivity contribution in [3.8, 4) is 11.3 Å². The Kier molecular flexibility index (Phi) is 5.15. The van der Waals surface area contributed by atoms with Crippen LogP contribution in [0.1, 0.15) is 10.4 Å². The van der Waals surface area contributed by atoms with Crippen molar-refractivity contribution in [2.45, 2.75) is 4.90 Å². The van der Waals surface area contributed by atoms with Gasteiger partial charge in [0.1, 0.15) is 0 Å². The average Bonchev–Trinajstić information content (AvgIpc) is 2.74. The monoisotopic (exact) mass is 437 g/mol. The van der Waals surface area contributed by atoms with Crippen molar-refractivity contribution in [1.82, 2.24) is 4.98 Å². The number of primary amides is 1. The van der Waals surface area contributed by atoms with E-state index in [0.717, 1.165) is 10.8 Å². The highest BCUT2D eigenvalue weighted by molar-refractivity contribution is 7.92. The molecule has 0 saturated heterocycles. The summed E-state index contributed by atoms with van der Waals surface area (Å²) < 4.78 is 28.0. The van der Waals surface area contributed by atoms with Gasteiger partial charge < -0.3 is 5.73 Å². The van der Waals surface area contributed by atoms with Crippen LogP contribution in [0.25, 0.3) is 22.0 Å². The molecule has 0 radical (unpaired) electrons. The fourth-order valence-electron chi connectivity index (χ4n) is 3.12. The van der Waals surface area contributed by atoms with Crippen LogP contribution in [0, 0.1) is 0 Å². The Morgan fingerprint density at radius 2 is 1.70 bits per heavy atom. The molecule has 0 unspecified atom stereocenters. The summed E-state index contributed by atoms with van der Waals surface area (Å²) in [6.07, 6.45) is 1.69. The minimum Gasteiger partial charge on any atom is -0.366 e. The Bertz CT molecular complexity index is 1370. The van der Waals surface area contributed by atoms with Crippen LogP contribution in [0.3, 0.4) is 0 Å². The minimum absolute atomic E-state index is 0.00675. The van der Waals surface area contributed by atoms with E-state index in [1.54, 1.807) is 24.4 Å². The number of sulfonamides is 1. The number of halogens is 1. The van der Waals surface area contributed by atoms with E-state index in [0.29, 0.717) is 22.0 Å². The molecule has 0 bridgehead atoms. The third-order valence-corrected chi connectivity index (χ3v) is 6.32. The lowest BCUT2D eigenvalue weighted by Gasteiger charge is -2.12. The molecule has 3 N–H and O–H groups in total. The molecule has 1 aromatic heterocycles. The van der Waals surface area contributed by atoms with E-state index in [-0.39, 0.29) is 10.5 Å². The van der Waals surface area contributed by atoms with Crippen LogP contribution in [-0.4, -0.2) is 19.3 Å². The highest BCUT2D eigenvalue weighted by Crippen LogP contribution is 2.34. The van der Waals surface area contributed by atoms with Crippen LogP contribution < -0.4 is 10.5 Å². The zero-order valence-electron chi connectivity index (χ0n) is 15.5. The maximum Gasteiger partial charge on any atom is 0.261 e. The number of nitrogens with one attached hydrogen (secondary N) is 1. The van der Waals surface area contributed by atoms with E-state index in [2.05, 4.69) is 9.71 Å². The van der Waals surface area contributed by atoms with Gasteiger partial charge in [0.15, 0.2) is 0 Å². The van der Waals surface area contributed by atoms with Crippen LogP contribution in [0.2, 0.25) is 5.02 Å². The molecule has 4 rings (SSSR count). The second-order valence-electron chi connectivity index (χ2n) is 6.57. The van der Waals surface area contributed by atoms with Crippen molar-refractivity contribution in [2.24, 2.45) is 5.73 Å². The molecular weight excluding hydrogens is 422 g/mol. The van der Waals surface area contributed by atoms with Crippen LogP contribution >= 0.6 is 11.6 Å². The Morgan fingerprint density at radius 1 is 0.967 bits per heavy atom. The number of hydrogen-bond donors (Lipinski definition) is 2. The van der Waals surface area contributed by atoms with Gasteiger partial charge in [0.05, 0.1) is 15.6 Å². The minimum atomic E-state index is -3.88. The number of rotatable bonds is 5. The Morgan fingerprint density at radius 3 is 2.43 bits per heavy atom. The van der Waals surface area contributed by atoms with Gasteiger partial charge >= 0.3 is 0 Å². The first-order chi connectivity index (χ1) is 14.3. The van der Waals surface area contributed by atoms with Crippen LogP contribution in [0.15, 0.2) is 83.9 Å². The van der Waals surface area contributed by atoms with E-state index in [4.69, 9.17) is 17.3 Å². The van der Waals surface area contributed by atoms with Gasteiger partial charge in [-0.3, -0.25) is 14.5 Å². The molecule has 0 saturated carbocycles. The molecule has 0 aliphatic heterocycles. The molecule has 3 aromatic carbocycles. The largest absolute Gasteiger partial charge is 0.366 e. The van der Waals surface area contributed by atoms with Crippen molar-refractivity contribution in [3.05, 3.63) is 89.6 Å². The first-order valence-corrected chi connectivity index (χ1v) is 10.8. The second kappa shape index (κ2) is 7.78. The van der Waals surface area contributed by atoms with E-state index >= 15 is 0 Å². The van der Waals surface area contributed by atoms with E-state index in [1.165, 1.54) is 24.3 Å². The summed E-state index contributed by atoms with van der Waals surface area (Å²) in [5.41, 5.74) is 7.03. The number of fused-ring (bicyclic) bond motifs is 1. The zero-order valence-corrected chi connectivity index (χ0v) is 17.1. The Balaban J connectivity index is 1.72. The molecule has 0 aliphatic carbocycles. The summed E-state index contributed by atoms with van der Waals surface area (Å²) in [6.45, 7) is 0. The second-order valence-corrected chi connectivity index (χ2v) is 8.66. The van der Waals surface area contributed by atoms with Crippen molar-refractivity contribution >= 4 is 44.0 Å². The standard InChI is InChI=1S/C22H16ClN3O3S/c23-20-10-7-16(26-30(28,29)17-8-5-15(6-9-17)22(24)27)13-19(20)21-18-4-2-1-3-14(18)11-12-25-21/h1-13,26H,(H2,24,27). The molecule has 1 amide bonds. The molecule has 0 atom stereocenters. The van der Waals surface area contributed by atoms with Gasteiger partial charge in [0.2, 0.25) is 5.91 Å².